The zero-order valence-electron chi connectivity index (χ0n) is 12.4. The first kappa shape index (κ1) is 18.9. The van der Waals surface area contributed by atoms with E-state index in [-0.39, 0.29) is 10.9 Å². The minimum absolute atomic E-state index is 0.0990. The van der Waals surface area contributed by atoms with Gasteiger partial charge in [0.1, 0.15) is 0 Å². The van der Waals surface area contributed by atoms with E-state index in [0.717, 1.165) is 5.56 Å². The minimum Gasteiger partial charge on any atom is -0.393 e. The fraction of sp³-hybridized carbons (Fsp3) is 0.571. The Hall–Kier alpha value is -1.12. The SMILES string of the molecule is CC(O)CCNC(C)c1ccc(S(=O)(=O)CC(F)(F)F)cc1. The fourth-order valence-electron chi connectivity index (χ4n) is 1.89. The maximum atomic E-state index is 12.2. The van der Waals surface area contributed by atoms with Gasteiger partial charge in [-0.05, 0) is 44.5 Å². The summed E-state index contributed by atoms with van der Waals surface area (Å²) in [6, 6.07) is 5.25. The normalized spacial score (nSPS) is 15.5. The smallest absolute Gasteiger partial charge is 0.393 e. The van der Waals surface area contributed by atoms with Crippen LogP contribution in [0.1, 0.15) is 31.9 Å². The first-order valence-electron chi connectivity index (χ1n) is 6.82. The molecule has 0 heterocycles. The van der Waals surface area contributed by atoms with E-state index in [2.05, 4.69) is 5.32 Å². The highest BCUT2D eigenvalue weighted by Gasteiger charge is 2.35. The van der Waals surface area contributed by atoms with Crippen LogP contribution in [-0.4, -0.2) is 38.1 Å². The van der Waals surface area contributed by atoms with Gasteiger partial charge in [-0.2, -0.15) is 13.2 Å². The van der Waals surface area contributed by atoms with Gasteiger partial charge in [0.15, 0.2) is 15.6 Å². The highest BCUT2D eigenvalue weighted by molar-refractivity contribution is 7.91. The molecule has 0 aromatic heterocycles. The van der Waals surface area contributed by atoms with E-state index in [0.29, 0.717) is 13.0 Å². The summed E-state index contributed by atoms with van der Waals surface area (Å²) < 4.78 is 59.9. The van der Waals surface area contributed by atoms with E-state index in [1.807, 2.05) is 6.92 Å². The van der Waals surface area contributed by atoms with Crippen LogP contribution in [0.3, 0.4) is 0 Å². The van der Waals surface area contributed by atoms with Crippen molar-refractivity contribution in [3.8, 4) is 0 Å². The summed E-state index contributed by atoms with van der Waals surface area (Å²) in [7, 11) is -4.37. The molecule has 0 saturated heterocycles. The molecule has 2 N–H and O–H groups in total. The Bertz CT molecular complexity index is 568. The molecule has 22 heavy (non-hydrogen) atoms. The molecule has 1 aromatic carbocycles. The molecular weight excluding hydrogens is 319 g/mol. The predicted molar refractivity (Wildman–Crippen MR) is 77.3 cm³/mol. The summed E-state index contributed by atoms with van der Waals surface area (Å²) in [4.78, 5) is -0.343. The number of sulfone groups is 1. The second-order valence-electron chi connectivity index (χ2n) is 5.26. The van der Waals surface area contributed by atoms with Crippen LogP contribution in [0.4, 0.5) is 13.2 Å². The third-order valence-corrected chi connectivity index (χ3v) is 4.80. The number of benzene rings is 1. The minimum atomic E-state index is -4.76. The van der Waals surface area contributed by atoms with Gasteiger partial charge in [0.05, 0.1) is 11.0 Å². The van der Waals surface area contributed by atoms with Gasteiger partial charge in [0.25, 0.3) is 0 Å². The monoisotopic (exact) mass is 339 g/mol. The molecule has 0 aliphatic heterocycles. The maximum Gasteiger partial charge on any atom is 0.403 e. The summed E-state index contributed by atoms with van der Waals surface area (Å²) in [5, 5.41) is 12.3. The van der Waals surface area contributed by atoms with Gasteiger partial charge in [-0.15, -0.1) is 0 Å². The third kappa shape index (κ3) is 6.33. The van der Waals surface area contributed by atoms with Crippen molar-refractivity contribution < 1.29 is 26.7 Å². The Morgan fingerprint density at radius 2 is 1.73 bits per heavy atom. The van der Waals surface area contributed by atoms with Crippen molar-refractivity contribution in [3.63, 3.8) is 0 Å². The number of nitrogens with one attached hydrogen (secondary N) is 1. The van der Waals surface area contributed by atoms with Crippen LogP contribution >= 0.6 is 0 Å². The average Bonchev–Trinajstić information content (AvgIpc) is 2.35. The first-order chi connectivity index (χ1) is 10.0. The van der Waals surface area contributed by atoms with Crippen molar-refractivity contribution in [2.45, 2.75) is 43.5 Å². The van der Waals surface area contributed by atoms with Crippen molar-refractivity contribution in [1.82, 2.24) is 5.32 Å². The molecule has 0 amide bonds. The number of aliphatic hydroxyl groups excluding tert-OH is 1. The van der Waals surface area contributed by atoms with E-state index in [1.165, 1.54) is 24.3 Å². The second kappa shape index (κ2) is 7.43. The quantitative estimate of drug-likeness (QED) is 0.801. The lowest BCUT2D eigenvalue weighted by atomic mass is 10.1. The average molecular weight is 339 g/mol. The van der Waals surface area contributed by atoms with Crippen LogP contribution in [0, 0.1) is 0 Å². The van der Waals surface area contributed by atoms with Gasteiger partial charge in [-0.3, -0.25) is 0 Å². The Balaban J connectivity index is 2.74. The van der Waals surface area contributed by atoms with Gasteiger partial charge >= 0.3 is 6.18 Å². The lowest BCUT2D eigenvalue weighted by molar-refractivity contribution is -0.106. The van der Waals surface area contributed by atoms with Crippen molar-refractivity contribution in [2.24, 2.45) is 0 Å². The number of hydrogen-bond acceptors (Lipinski definition) is 4. The van der Waals surface area contributed by atoms with Gasteiger partial charge in [-0.1, -0.05) is 12.1 Å². The van der Waals surface area contributed by atoms with Crippen molar-refractivity contribution in [2.75, 3.05) is 12.3 Å². The van der Waals surface area contributed by atoms with Gasteiger partial charge in [0, 0.05) is 6.04 Å². The summed E-state index contributed by atoms with van der Waals surface area (Å²) in [5.74, 6) is -1.86. The maximum absolute atomic E-state index is 12.2. The molecule has 0 spiro atoms. The highest BCUT2D eigenvalue weighted by Crippen LogP contribution is 2.23. The molecule has 0 bridgehead atoms. The van der Waals surface area contributed by atoms with Crippen LogP contribution < -0.4 is 5.32 Å². The van der Waals surface area contributed by atoms with E-state index in [1.54, 1.807) is 6.92 Å². The molecule has 126 valence electrons. The number of alkyl halides is 3. The molecule has 0 aliphatic rings. The molecule has 0 radical (unpaired) electrons. The molecule has 2 atom stereocenters. The summed E-state index contributed by atoms with van der Waals surface area (Å²) >= 11 is 0. The van der Waals surface area contributed by atoms with Crippen LogP contribution in [0.25, 0.3) is 0 Å². The standard InChI is InChI=1S/C14H20F3NO3S/c1-10(19)7-8-18-11(2)12-3-5-13(6-4-12)22(20,21)9-14(15,16)17/h3-6,10-11,18-19H,7-9H2,1-2H3. The lowest BCUT2D eigenvalue weighted by Crippen LogP contribution is -2.23. The highest BCUT2D eigenvalue weighted by atomic mass is 32.2. The summed E-state index contributed by atoms with van der Waals surface area (Å²) in [6.45, 7) is 4.10. The number of hydrogen-bond donors (Lipinski definition) is 2. The lowest BCUT2D eigenvalue weighted by Gasteiger charge is -2.15. The van der Waals surface area contributed by atoms with E-state index >= 15 is 0 Å². The van der Waals surface area contributed by atoms with Crippen molar-refractivity contribution >= 4 is 9.84 Å². The molecule has 1 aromatic rings. The molecule has 0 fully saturated rings. The van der Waals surface area contributed by atoms with E-state index in [4.69, 9.17) is 5.11 Å². The van der Waals surface area contributed by atoms with Crippen LogP contribution in [0.2, 0.25) is 0 Å². The molecular formula is C14H20F3NO3S. The van der Waals surface area contributed by atoms with Gasteiger partial charge in [-0.25, -0.2) is 8.42 Å². The Morgan fingerprint density at radius 1 is 1.18 bits per heavy atom. The molecule has 8 heteroatoms. The molecule has 2 unspecified atom stereocenters. The zero-order valence-corrected chi connectivity index (χ0v) is 13.2. The van der Waals surface area contributed by atoms with Crippen LogP contribution in [0.5, 0.6) is 0 Å². The largest absolute Gasteiger partial charge is 0.403 e. The van der Waals surface area contributed by atoms with Gasteiger partial charge < -0.3 is 10.4 Å². The Morgan fingerprint density at radius 3 is 2.18 bits per heavy atom. The van der Waals surface area contributed by atoms with E-state index < -0.39 is 27.9 Å². The Kier molecular flexibility index (Phi) is 6.39. The van der Waals surface area contributed by atoms with Crippen LogP contribution in [0.15, 0.2) is 29.2 Å². The molecule has 4 nitrogen and oxygen atoms in total. The van der Waals surface area contributed by atoms with Crippen LogP contribution in [-0.2, 0) is 9.84 Å². The first-order valence-corrected chi connectivity index (χ1v) is 8.47. The molecule has 1 rings (SSSR count). The summed E-state index contributed by atoms with van der Waals surface area (Å²) in [6.07, 6.45) is -4.61. The van der Waals surface area contributed by atoms with Gasteiger partial charge in [0.2, 0.25) is 0 Å². The predicted octanol–water partition coefficient (Wildman–Crippen LogP) is 2.44. The van der Waals surface area contributed by atoms with Crippen molar-refractivity contribution in [1.29, 1.82) is 0 Å². The molecule has 0 saturated carbocycles. The Labute approximate surface area is 128 Å². The fourth-order valence-corrected chi connectivity index (χ4v) is 3.04. The topological polar surface area (TPSA) is 66.4 Å². The van der Waals surface area contributed by atoms with E-state index in [9.17, 15) is 21.6 Å². The molecule has 0 aliphatic carbocycles. The van der Waals surface area contributed by atoms with Crippen molar-refractivity contribution in [3.05, 3.63) is 29.8 Å². The number of rotatable bonds is 7. The summed E-state index contributed by atoms with van der Waals surface area (Å²) in [5.41, 5.74) is 0.761. The second-order valence-corrected chi connectivity index (χ2v) is 7.25. The zero-order chi connectivity index (χ0) is 17.0. The number of aliphatic hydroxyl groups is 1. The third-order valence-electron chi connectivity index (χ3n) is 3.11. The number of halogens is 3.